The molecule has 0 unspecified atom stereocenters. The van der Waals surface area contributed by atoms with Crippen molar-refractivity contribution in [1.29, 1.82) is 0 Å². The Bertz CT molecular complexity index is 943. The van der Waals surface area contributed by atoms with Crippen LogP contribution in [0.1, 0.15) is 31.2 Å². The molecule has 0 aliphatic carbocycles. The summed E-state index contributed by atoms with van der Waals surface area (Å²) in [5.41, 5.74) is 1.41. The van der Waals surface area contributed by atoms with E-state index in [1.807, 2.05) is 0 Å². The molecule has 0 saturated carbocycles. The summed E-state index contributed by atoms with van der Waals surface area (Å²) >= 11 is 0.453. The van der Waals surface area contributed by atoms with E-state index in [4.69, 9.17) is 0 Å². The van der Waals surface area contributed by atoms with Crippen LogP contribution in [0.2, 0.25) is 0 Å². The first-order valence-electron chi connectivity index (χ1n) is 9.78. The normalized spacial score (nSPS) is 15.3. The molecular weight excluding hydrogens is 430 g/mol. The van der Waals surface area contributed by atoms with Gasteiger partial charge in [-0.15, -0.1) is 0 Å². The molecular formula is C21H24F2N2O3S2. The lowest BCUT2D eigenvalue weighted by atomic mass is 10.1. The average Bonchev–Trinajstić information content (AvgIpc) is 2.74. The molecule has 9 heteroatoms. The minimum absolute atomic E-state index is 0.200. The number of hydrogen-bond donors (Lipinski definition) is 1. The lowest BCUT2D eigenvalue weighted by Gasteiger charge is -2.25. The third-order valence-corrected chi connectivity index (χ3v) is 7.52. The van der Waals surface area contributed by atoms with Crippen molar-refractivity contribution in [3.63, 3.8) is 0 Å². The van der Waals surface area contributed by atoms with Gasteiger partial charge in [0.05, 0.1) is 4.90 Å². The lowest BCUT2D eigenvalue weighted by Crippen LogP contribution is -2.35. The molecule has 3 rings (SSSR count). The summed E-state index contributed by atoms with van der Waals surface area (Å²) < 4.78 is 51.5. The highest BCUT2D eigenvalue weighted by atomic mass is 32.2. The molecule has 1 aliphatic heterocycles. The number of piperidine rings is 1. The van der Waals surface area contributed by atoms with Gasteiger partial charge in [0.25, 0.3) is 5.76 Å². The first-order chi connectivity index (χ1) is 14.3. The van der Waals surface area contributed by atoms with Crippen molar-refractivity contribution < 1.29 is 22.0 Å². The Morgan fingerprint density at radius 2 is 1.63 bits per heavy atom. The van der Waals surface area contributed by atoms with Gasteiger partial charge in [-0.3, -0.25) is 4.79 Å². The topological polar surface area (TPSA) is 66.5 Å². The molecule has 0 bridgehead atoms. The highest BCUT2D eigenvalue weighted by Crippen LogP contribution is 2.26. The summed E-state index contributed by atoms with van der Waals surface area (Å²) in [6.45, 7) is 1.12. The maximum atomic E-state index is 12.7. The van der Waals surface area contributed by atoms with Gasteiger partial charge >= 0.3 is 0 Å². The van der Waals surface area contributed by atoms with Gasteiger partial charge < -0.3 is 5.32 Å². The molecule has 1 fully saturated rings. The number of nitrogens with zero attached hydrogens (tertiary/aromatic N) is 1. The number of carbonyl (C=O) groups is 1. The van der Waals surface area contributed by atoms with Gasteiger partial charge in [0.1, 0.15) is 0 Å². The van der Waals surface area contributed by atoms with Crippen LogP contribution in [-0.2, 0) is 21.2 Å². The van der Waals surface area contributed by atoms with Crippen LogP contribution in [0.3, 0.4) is 0 Å². The Hall–Kier alpha value is -1.97. The van der Waals surface area contributed by atoms with Crippen molar-refractivity contribution in [2.24, 2.45) is 0 Å². The molecule has 1 heterocycles. The Labute approximate surface area is 179 Å². The van der Waals surface area contributed by atoms with Gasteiger partial charge in [-0.05, 0) is 61.2 Å². The molecule has 30 heavy (non-hydrogen) atoms. The molecule has 1 N–H and O–H groups in total. The second-order valence-electron chi connectivity index (χ2n) is 7.06. The average molecular weight is 455 g/mol. The van der Waals surface area contributed by atoms with Gasteiger partial charge in [-0.25, -0.2) is 8.42 Å². The number of alkyl halides is 2. The summed E-state index contributed by atoms with van der Waals surface area (Å²) in [5.74, 6) is -2.68. The number of aryl methyl sites for hydroxylation is 1. The number of amides is 1. The van der Waals surface area contributed by atoms with Crippen molar-refractivity contribution in [2.75, 3.05) is 18.4 Å². The van der Waals surface area contributed by atoms with Crippen molar-refractivity contribution in [3.8, 4) is 0 Å². The van der Waals surface area contributed by atoms with E-state index in [9.17, 15) is 22.0 Å². The first-order valence-corrected chi connectivity index (χ1v) is 12.1. The Balaban J connectivity index is 1.51. The molecule has 2 aromatic rings. The first kappa shape index (κ1) is 22.7. The molecule has 1 amide bonds. The molecule has 0 atom stereocenters. The van der Waals surface area contributed by atoms with Crippen LogP contribution in [0.25, 0.3) is 0 Å². The zero-order chi connectivity index (χ0) is 21.6. The van der Waals surface area contributed by atoms with Gasteiger partial charge in [0, 0.05) is 30.1 Å². The van der Waals surface area contributed by atoms with Crippen molar-refractivity contribution in [1.82, 2.24) is 4.31 Å². The highest BCUT2D eigenvalue weighted by Gasteiger charge is 2.25. The number of benzene rings is 2. The quantitative estimate of drug-likeness (QED) is 0.585. The molecule has 2 aromatic carbocycles. The Morgan fingerprint density at radius 1 is 1.00 bits per heavy atom. The molecule has 1 aliphatic rings. The van der Waals surface area contributed by atoms with Crippen molar-refractivity contribution in [2.45, 2.75) is 47.7 Å². The van der Waals surface area contributed by atoms with E-state index in [1.165, 1.54) is 16.4 Å². The van der Waals surface area contributed by atoms with Crippen LogP contribution < -0.4 is 5.32 Å². The van der Waals surface area contributed by atoms with E-state index in [2.05, 4.69) is 5.32 Å². The zero-order valence-electron chi connectivity index (χ0n) is 16.4. The fraction of sp³-hybridized carbons (Fsp3) is 0.381. The third-order valence-electron chi connectivity index (χ3n) is 4.88. The Kier molecular flexibility index (Phi) is 7.85. The SMILES string of the molecule is O=C(CCc1ccc(S(=O)(=O)N2CCCCC2)cc1)Nc1ccc(SC(F)F)cc1. The van der Waals surface area contributed by atoms with Crippen LogP contribution >= 0.6 is 11.8 Å². The van der Waals surface area contributed by atoms with Gasteiger partial charge in [0.15, 0.2) is 0 Å². The fourth-order valence-corrected chi connectivity index (χ4v) is 5.30. The highest BCUT2D eigenvalue weighted by molar-refractivity contribution is 7.99. The van der Waals surface area contributed by atoms with E-state index >= 15 is 0 Å². The summed E-state index contributed by atoms with van der Waals surface area (Å²) in [6.07, 6.45) is 3.53. The second kappa shape index (κ2) is 10.4. The number of thioether (sulfide) groups is 1. The van der Waals surface area contributed by atoms with E-state index in [0.29, 0.717) is 41.9 Å². The van der Waals surface area contributed by atoms with Crippen LogP contribution in [0, 0.1) is 0 Å². The van der Waals surface area contributed by atoms with Crippen LogP contribution in [-0.4, -0.2) is 37.5 Å². The van der Waals surface area contributed by atoms with Crippen LogP contribution in [0.4, 0.5) is 14.5 Å². The minimum atomic E-state index is -3.46. The van der Waals surface area contributed by atoms with Gasteiger partial charge in [0.2, 0.25) is 15.9 Å². The predicted molar refractivity (Wildman–Crippen MR) is 114 cm³/mol. The number of rotatable bonds is 8. The summed E-state index contributed by atoms with van der Waals surface area (Å²) in [4.78, 5) is 12.9. The van der Waals surface area contributed by atoms with Crippen LogP contribution in [0.5, 0.6) is 0 Å². The van der Waals surface area contributed by atoms with Gasteiger partial charge in [-0.1, -0.05) is 30.3 Å². The van der Waals surface area contributed by atoms with E-state index < -0.39 is 15.8 Å². The Morgan fingerprint density at radius 3 is 2.23 bits per heavy atom. The van der Waals surface area contributed by atoms with E-state index in [-0.39, 0.29) is 17.2 Å². The number of anilines is 1. The molecule has 162 valence electrons. The van der Waals surface area contributed by atoms with E-state index in [1.54, 1.807) is 36.4 Å². The largest absolute Gasteiger partial charge is 0.326 e. The minimum Gasteiger partial charge on any atom is -0.326 e. The molecule has 1 saturated heterocycles. The van der Waals surface area contributed by atoms with Crippen LogP contribution in [0.15, 0.2) is 58.3 Å². The number of hydrogen-bond acceptors (Lipinski definition) is 4. The maximum Gasteiger partial charge on any atom is 0.288 e. The maximum absolute atomic E-state index is 12.7. The number of carbonyl (C=O) groups excluding carboxylic acids is 1. The van der Waals surface area contributed by atoms with Crippen molar-refractivity contribution in [3.05, 3.63) is 54.1 Å². The van der Waals surface area contributed by atoms with Crippen molar-refractivity contribution >= 4 is 33.4 Å². The second-order valence-corrected chi connectivity index (χ2v) is 10.1. The predicted octanol–water partition coefficient (Wildman–Crippen LogP) is 4.75. The molecule has 0 radical (unpaired) electrons. The van der Waals surface area contributed by atoms with E-state index in [0.717, 1.165) is 24.8 Å². The third kappa shape index (κ3) is 6.26. The number of sulfonamides is 1. The number of nitrogens with one attached hydrogen (secondary N) is 1. The molecule has 0 spiro atoms. The smallest absolute Gasteiger partial charge is 0.288 e. The number of halogens is 2. The summed E-state index contributed by atoms with van der Waals surface area (Å²) in [5, 5.41) is 2.73. The summed E-state index contributed by atoms with van der Waals surface area (Å²) in [6, 6.07) is 12.9. The molecule has 0 aromatic heterocycles. The lowest BCUT2D eigenvalue weighted by molar-refractivity contribution is -0.116. The fourth-order valence-electron chi connectivity index (χ4n) is 3.28. The monoisotopic (exact) mass is 454 g/mol. The zero-order valence-corrected chi connectivity index (χ0v) is 18.0. The van der Waals surface area contributed by atoms with Gasteiger partial charge in [-0.2, -0.15) is 13.1 Å². The molecule has 5 nitrogen and oxygen atoms in total. The standard InChI is InChI=1S/C21H24F2N2O3S2/c22-21(23)29-18-9-7-17(8-10-18)24-20(26)13-6-16-4-11-19(12-5-16)30(27,28)25-14-2-1-3-15-25/h4-5,7-12,21H,1-3,6,13-15H2,(H,24,26). The summed E-state index contributed by atoms with van der Waals surface area (Å²) in [7, 11) is -3.46.